The van der Waals surface area contributed by atoms with Crippen molar-refractivity contribution in [1.29, 1.82) is 0 Å². The van der Waals surface area contributed by atoms with Crippen LogP contribution in [-0.4, -0.2) is 289 Å². The van der Waals surface area contributed by atoms with Crippen LogP contribution in [-0.2, 0) is 70.4 Å². The highest BCUT2D eigenvalue weighted by Crippen LogP contribution is 2.30. The van der Waals surface area contributed by atoms with Crippen molar-refractivity contribution in [1.82, 2.24) is 79.2 Å². The Balaban J connectivity index is 1.09. The van der Waals surface area contributed by atoms with Gasteiger partial charge in [-0.3, -0.25) is 57.5 Å². The zero-order chi connectivity index (χ0) is 94.6. The van der Waals surface area contributed by atoms with Crippen LogP contribution < -0.4 is 34.0 Å². The van der Waals surface area contributed by atoms with Crippen LogP contribution in [0.4, 0.5) is 0 Å². The van der Waals surface area contributed by atoms with Crippen LogP contribution in [0, 0.1) is 0 Å². The largest absolute Gasteiger partial charge is 0.368 e. The Hall–Kier alpha value is -12.8. The first kappa shape index (κ1) is 104. The molecule has 0 spiro atoms. The number of primary amides is 1. The minimum Gasteiger partial charge on any atom is -0.368 e. The summed E-state index contributed by atoms with van der Waals surface area (Å²) in [7, 11) is 0. The van der Waals surface area contributed by atoms with Gasteiger partial charge in [0.15, 0.2) is 0 Å². The minimum atomic E-state index is -0.854. The molecule has 0 aliphatic carbocycles. The third-order valence-corrected chi connectivity index (χ3v) is 23.7. The van der Waals surface area contributed by atoms with E-state index in [0.29, 0.717) is 91.1 Å². The molecule has 2 heterocycles. The minimum absolute atomic E-state index is 0.0102. The number of nitrogens with two attached hydrogens (primary N) is 5. The summed E-state index contributed by atoms with van der Waals surface area (Å²) in [6.45, 7) is 6.20. The number of nitrogens with zero attached hydrogens (tertiary/aromatic N) is 13. The lowest BCUT2D eigenvalue weighted by Crippen LogP contribution is -2.54. The first-order valence-corrected chi connectivity index (χ1v) is 45.5. The van der Waals surface area contributed by atoms with Crippen molar-refractivity contribution in [2.24, 2.45) is 28.7 Å². The topological polar surface area (TPSA) is 440 Å². The number of hydrogen-bond acceptors (Lipinski definition) is 19. The summed E-state index contributed by atoms with van der Waals surface area (Å²) in [6, 6.07) is 50.0. The lowest BCUT2D eigenvalue weighted by atomic mass is 10.1. The SMILES string of the molecule is C[C@H](c1ccccc1)N(CC(=O)N(CCc1ncc[nH]1)CC(=O)N(CCCCN)CC(=O)N(CC(=O)N(CC(=O)N(CCCCN)CC(=O)N(CC(=O)N(CCc1ncc[nH]1)CC(N)=O)[C@H](C)c1ccccc1)[C@@H](C)c1ccccc1)[C@H](C)c1ccccc1)C(=O)CN(CCCCN)C(=O)CN(C(=O)CN(C(=O)CNCCCCN)[C@H](C)c1ccccc1)[C@@H](C)c1ccccc1. The van der Waals surface area contributed by atoms with Crippen LogP contribution in [0.1, 0.15) is 174 Å². The van der Waals surface area contributed by atoms with Gasteiger partial charge >= 0.3 is 0 Å². The normalized spacial score (nSPS) is 12.5. The predicted octanol–water partition coefficient (Wildman–Crippen LogP) is 6.63. The quantitative estimate of drug-likeness (QED) is 0.0185. The van der Waals surface area contributed by atoms with E-state index in [-0.39, 0.29) is 77.7 Å². The van der Waals surface area contributed by atoms with E-state index in [1.54, 1.807) is 156 Å². The second-order valence-electron chi connectivity index (χ2n) is 32.9. The average molecular weight is 1800 g/mol. The average Bonchev–Trinajstić information content (AvgIpc) is 1.12. The highest BCUT2D eigenvalue weighted by atomic mass is 16.2. The first-order chi connectivity index (χ1) is 63.2. The molecule has 6 atom stereocenters. The number of H-pyrrole nitrogens is 2. The van der Waals surface area contributed by atoms with Crippen molar-refractivity contribution in [2.45, 2.75) is 142 Å². The molecule has 704 valence electrons. The number of hydrogen-bond donors (Lipinski definition) is 8. The summed E-state index contributed by atoms with van der Waals surface area (Å²) >= 11 is 0. The molecule has 2 aromatic heterocycles. The molecule has 33 nitrogen and oxygen atoms in total. The second-order valence-corrected chi connectivity index (χ2v) is 32.9. The fraction of sp³-hybridized carbons (Fsp3) is 0.449. The van der Waals surface area contributed by atoms with E-state index in [1.165, 1.54) is 53.9 Å². The van der Waals surface area contributed by atoms with Gasteiger partial charge in [0.1, 0.15) is 50.9 Å². The van der Waals surface area contributed by atoms with Crippen molar-refractivity contribution >= 4 is 70.9 Å². The number of nitrogens with one attached hydrogen (secondary N) is 3. The van der Waals surface area contributed by atoms with Crippen LogP contribution >= 0.6 is 0 Å². The van der Waals surface area contributed by atoms with Crippen molar-refractivity contribution in [3.05, 3.63) is 252 Å². The molecule has 13 N–H and O–H groups in total. The predicted molar refractivity (Wildman–Crippen MR) is 502 cm³/mol. The van der Waals surface area contributed by atoms with E-state index in [9.17, 15) is 14.4 Å². The number of carbonyl (C=O) groups is 12. The molecule has 0 aliphatic rings. The Morgan fingerprint density at radius 3 is 0.756 bits per heavy atom. The van der Waals surface area contributed by atoms with E-state index in [1.807, 2.05) is 91.9 Å². The number of amides is 12. The number of carbonyl (C=O) groups excluding carboxylic acids is 12. The Morgan fingerprint density at radius 1 is 0.282 bits per heavy atom. The van der Waals surface area contributed by atoms with E-state index >= 15 is 43.2 Å². The van der Waals surface area contributed by atoms with E-state index < -0.39 is 173 Å². The molecular weight excluding hydrogens is 1660 g/mol. The van der Waals surface area contributed by atoms with Gasteiger partial charge in [-0.15, -0.1) is 0 Å². The van der Waals surface area contributed by atoms with Crippen LogP contribution in [0.25, 0.3) is 0 Å². The number of unbranched alkanes of at least 4 members (excludes halogenated alkanes) is 4. The van der Waals surface area contributed by atoms with E-state index in [4.69, 9.17) is 28.7 Å². The molecule has 8 rings (SSSR count). The molecule has 131 heavy (non-hydrogen) atoms. The van der Waals surface area contributed by atoms with Crippen LogP contribution in [0.5, 0.6) is 0 Å². The van der Waals surface area contributed by atoms with Gasteiger partial charge in [-0.2, -0.15) is 0 Å². The molecule has 0 aliphatic heterocycles. The van der Waals surface area contributed by atoms with Gasteiger partial charge in [-0.1, -0.05) is 182 Å². The fourth-order valence-electron chi connectivity index (χ4n) is 15.6. The van der Waals surface area contributed by atoms with Gasteiger partial charge < -0.3 is 97.9 Å². The van der Waals surface area contributed by atoms with Gasteiger partial charge in [0.25, 0.3) is 0 Å². The molecular formula is C98H135N21O12. The third-order valence-electron chi connectivity index (χ3n) is 23.7. The highest BCUT2D eigenvalue weighted by molar-refractivity contribution is 5.96. The monoisotopic (exact) mass is 1800 g/mol. The highest BCUT2D eigenvalue weighted by Gasteiger charge is 2.39. The first-order valence-electron chi connectivity index (χ1n) is 45.5. The van der Waals surface area contributed by atoms with E-state index in [0.717, 1.165) is 18.4 Å². The Labute approximate surface area is 770 Å². The summed E-state index contributed by atoms with van der Waals surface area (Å²) in [6.07, 6.45) is 10.6. The molecule has 0 radical (unpaired) electrons. The molecule has 8 aromatic rings. The van der Waals surface area contributed by atoms with Gasteiger partial charge in [0.2, 0.25) is 70.9 Å². The lowest BCUT2D eigenvalue weighted by molar-refractivity contribution is -0.151. The molecule has 0 unspecified atom stereocenters. The number of benzene rings is 6. The second kappa shape index (κ2) is 55.3. The Bertz CT molecular complexity index is 4820. The molecule has 12 amide bonds. The maximum Gasteiger partial charge on any atom is 0.243 e. The van der Waals surface area contributed by atoms with Crippen molar-refractivity contribution in [2.75, 3.05) is 144 Å². The maximum absolute atomic E-state index is 15.9. The molecule has 0 saturated heterocycles. The standard InChI is InChI=1S/C98H135N21O12/c1-73(79-33-13-7-14-34-79)114(88(121)61-104-51-29-25-47-99)71-97(130)117(76(4)82-39-19-10-20-40-82)67-90(123)111(58-32-28-50-102)66-95(128)116(75(3)81-37-17-9-18-38-81)70-93(126)113(60-46-87-107-54-55-108-87)63-89(122)109(56-30-26-48-100)64-96(129)119(78(6)84-43-23-12-24-44-84)72-98(131)118(77(5)83-41-21-11-22-42-83)68-91(124)110(57-31-27-49-101)65-94(127)115(74(2)80-35-15-8-16-36-80)69-92(125)112(62-85(103)120)59-45-86-105-52-53-106-86/h7-24,33-44,52-55,73-78,104H,25-32,45-51,56-72,99-102H2,1-6H3,(H2,103,120)(H,105,106)(H,107,108)/t73-,74-,75-,76+,77+,78-/m1/s1. The maximum atomic E-state index is 15.9. The van der Waals surface area contributed by atoms with Gasteiger partial charge in [-0.25, -0.2) is 9.97 Å². The fourth-order valence-corrected chi connectivity index (χ4v) is 15.6. The van der Waals surface area contributed by atoms with Crippen LogP contribution in [0.2, 0.25) is 0 Å². The molecule has 6 aromatic carbocycles. The third kappa shape index (κ3) is 33.0. The molecule has 0 bridgehead atoms. The lowest BCUT2D eigenvalue weighted by Gasteiger charge is -2.37. The van der Waals surface area contributed by atoms with Gasteiger partial charge in [-0.05, 0) is 159 Å². The van der Waals surface area contributed by atoms with Crippen molar-refractivity contribution < 1.29 is 57.5 Å². The zero-order valence-corrected chi connectivity index (χ0v) is 76.8. The number of aromatic amines is 2. The number of imidazole rings is 2. The summed E-state index contributed by atoms with van der Waals surface area (Å²) in [4.78, 5) is 212. The Morgan fingerprint density at radius 2 is 0.504 bits per heavy atom. The van der Waals surface area contributed by atoms with Crippen LogP contribution in [0.3, 0.4) is 0 Å². The zero-order valence-electron chi connectivity index (χ0n) is 76.8. The van der Waals surface area contributed by atoms with Gasteiger partial charge in [0, 0.05) is 70.4 Å². The number of rotatable bonds is 58. The van der Waals surface area contributed by atoms with E-state index in [2.05, 4.69) is 25.3 Å². The Kier molecular flexibility index (Phi) is 43.7. The summed E-state index contributed by atoms with van der Waals surface area (Å²) in [5.74, 6) is -6.40. The smallest absolute Gasteiger partial charge is 0.243 e. The molecule has 0 saturated carbocycles. The van der Waals surface area contributed by atoms with Crippen molar-refractivity contribution in [3.8, 4) is 0 Å². The summed E-state index contributed by atoms with van der Waals surface area (Å²) < 4.78 is 0. The van der Waals surface area contributed by atoms with Crippen LogP contribution in [0.15, 0.2) is 207 Å². The number of aromatic nitrogens is 4. The van der Waals surface area contributed by atoms with Gasteiger partial charge in [0.05, 0.1) is 75.5 Å². The van der Waals surface area contributed by atoms with Crippen molar-refractivity contribution in [3.63, 3.8) is 0 Å². The molecule has 33 heteroatoms. The summed E-state index contributed by atoms with van der Waals surface area (Å²) in [5, 5.41) is 3.21. The summed E-state index contributed by atoms with van der Waals surface area (Å²) in [5.41, 5.74) is 33.8. The molecule has 0 fully saturated rings.